The lowest BCUT2D eigenvalue weighted by Crippen LogP contribution is -2.54. The number of quaternary nitrogens is 1. The van der Waals surface area contributed by atoms with E-state index in [0.717, 1.165) is 16.5 Å². The lowest BCUT2D eigenvalue weighted by atomic mass is 9.88. The summed E-state index contributed by atoms with van der Waals surface area (Å²) in [7, 11) is 3.49. The number of anilines is 1. The van der Waals surface area contributed by atoms with Crippen LogP contribution in [-0.4, -0.2) is 52.2 Å². The molecular weight excluding hydrogens is 459 g/mol. The van der Waals surface area contributed by atoms with Crippen molar-refractivity contribution in [2.75, 3.05) is 25.5 Å². The number of benzene rings is 1. The molecule has 3 heterocycles. The van der Waals surface area contributed by atoms with Crippen LogP contribution in [0.15, 0.2) is 42.7 Å². The number of piperidine rings is 1. The van der Waals surface area contributed by atoms with Crippen molar-refractivity contribution in [3.8, 4) is 6.07 Å². The number of fused-ring (bicyclic) bond motifs is 1. The molecule has 7 nitrogen and oxygen atoms in total. The second-order valence-electron chi connectivity index (χ2n) is 9.23. The fraction of sp³-hybridized carbons (Fsp3) is 0.360. The molecule has 3 aromatic rings. The van der Waals surface area contributed by atoms with Gasteiger partial charge in [-0.05, 0) is 41.8 Å². The number of alkyl halides is 3. The van der Waals surface area contributed by atoms with Gasteiger partial charge in [0.2, 0.25) is 0 Å². The van der Waals surface area contributed by atoms with Crippen molar-refractivity contribution in [2.45, 2.75) is 31.4 Å². The van der Waals surface area contributed by atoms with E-state index in [1.165, 1.54) is 18.3 Å². The summed E-state index contributed by atoms with van der Waals surface area (Å²) in [6.45, 7) is 0.681. The first-order valence-electron chi connectivity index (χ1n) is 11.2. The highest BCUT2D eigenvalue weighted by Gasteiger charge is 2.43. The summed E-state index contributed by atoms with van der Waals surface area (Å²) in [4.78, 5) is 29.0. The Morgan fingerprint density at radius 1 is 1.23 bits per heavy atom. The monoisotopic (exact) mass is 484 g/mol. The molecule has 0 saturated carbocycles. The number of nitrogens with one attached hydrogen (secondary N) is 1. The minimum absolute atomic E-state index is 0.0866. The molecule has 182 valence electrons. The van der Waals surface area contributed by atoms with Gasteiger partial charge in [0.05, 0.1) is 31.8 Å². The number of carbonyl (C=O) groups is 2. The highest BCUT2D eigenvalue weighted by molar-refractivity contribution is 6.04. The number of halogens is 3. The summed E-state index contributed by atoms with van der Waals surface area (Å²) in [6.07, 6.45) is -1.33. The SMILES string of the molecule is Cn1cc(C2CC[N+](C)(C(=O)CC(F)(F)F)CC2)c2cc(NC(=O)c3cc(C#N)ccn3)ccc21. The molecule has 0 aliphatic carbocycles. The first-order chi connectivity index (χ1) is 16.5. The van der Waals surface area contributed by atoms with Crippen LogP contribution in [0.5, 0.6) is 0 Å². The normalized spacial score (nSPS) is 20.4. The molecule has 0 bridgehead atoms. The first-order valence-corrected chi connectivity index (χ1v) is 11.2. The van der Waals surface area contributed by atoms with Crippen LogP contribution in [0.25, 0.3) is 10.9 Å². The van der Waals surface area contributed by atoms with Crippen LogP contribution in [0, 0.1) is 11.3 Å². The molecular formula is C25H25F3N5O2+. The number of aryl methyl sites for hydroxylation is 1. The van der Waals surface area contributed by atoms with Gasteiger partial charge < -0.3 is 9.88 Å². The maximum atomic E-state index is 12.7. The molecule has 1 aliphatic heterocycles. The predicted molar refractivity (Wildman–Crippen MR) is 123 cm³/mol. The molecule has 0 unspecified atom stereocenters. The molecule has 10 heteroatoms. The first kappa shape index (κ1) is 24.4. The second kappa shape index (κ2) is 9.15. The van der Waals surface area contributed by atoms with Gasteiger partial charge in [0.25, 0.3) is 5.91 Å². The van der Waals surface area contributed by atoms with E-state index in [4.69, 9.17) is 5.26 Å². The molecule has 1 fully saturated rings. The largest absolute Gasteiger partial charge is 0.401 e. The summed E-state index contributed by atoms with van der Waals surface area (Å²) in [5, 5.41) is 12.8. The molecule has 2 amide bonds. The Kier molecular flexibility index (Phi) is 6.38. The summed E-state index contributed by atoms with van der Waals surface area (Å²) in [6, 6.07) is 10.5. The Morgan fingerprint density at radius 3 is 2.60 bits per heavy atom. The van der Waals surface area contributed by atoms with Crippen molar-refractivity contribution < 1.29 is 27.2 Å². The molecule has 2 aromatic heterocycles. The topological polar surface area (TPSA) is 87.8 Å². The van der Waals surface area contributed by atoms with Crippen LogP contribution in [-0.2, 0) is 11.8 Å². The fourth-order valence-corrected chi connectivity index (χ4v) is 4.71. The van der Waals surface area contributed by atoms with E-state index in [1.807, 2.05) is 36.0 Å². The van der Waals surface area contributed by atoms with E-state index >= 15 is 0 Å². The standard InChI is InChI=1S/C25H24F3N5O2/c1-32-15-20(17-6-9-33(2,10-7-17)23(34)13-25(26,27)28)19-12-18(3-4-22(19)32)31-24(35)21-11-16(14-29)5-8-30-21/h3-5,8,11-12,15,17H,6-7,9-10,13H2,1-2H3/p+1. The van der Waals surface area contributed by atoms with E-state index in [-0.39, 0.29) is 16.1 Å². The van der Waals surface area contributed by atoms with Crippen LogP contribution in [0.3, 0.4) is 0 Å². The minimum atomic E-state index is -4.50. The van der Waals surface area contributed by atoms with Crippen molar-refractivity contribution in [3.05, 3.63) is 59.5 Å². The fourth-order valence-electron chi connectivity index (χ4n) is 4.71. The van der Waals surface area contributed by atoms with Gasteiger partial charge in [0.15, 0.2) is 6.42 Å². The summed E-state index contributed by atoms with van der Waals surface area (Å²) in [5.41, 5.74) is 3.03. The number of pyridine rings is 1. The van der Waals surface area contributed by atoms with Crippen LogP contribution in [0.2, 0.25) is 0 Å². The Labute approximate surface area is 200 Å². The summed E-state index contributed by atoms with van der Waals surface area (Å²) < 4.78 is 40.0. The molecule has 0 spiro atoms. The molecule has 0 atom stereocenters. The Hall–Kier alpha value is -3.71. The third kappa shape index (κ3) is 5.20. The van der Waals surface area contributed by atoms with Crippen LogP contribution < -0.4 is 5.32 Å². The Morgan fingerprint density at radius 2 is 1.94 bits per heavy atom. The molecule has 0 radical (unpaired) electrons. The van der Waals surface area contributed by atoms with Gasteiger partial charge in [-0.1, -0.05) is 0 Å². The maximum Gasteiger partial charge on any atom is 0.401 e. The number of aromatic nitrogens is 2. The third-order valence-corrected chi connectivity index (χ3v) is 6.74. The van der Waals surface area contributed by atoms with E-state index < -0.39 is 24.4 Å². The van der Waals surface area contributed by atoms with Gasteiger partial charge in [-0.15, -0.1) is 0 Å². The Bertz CT molecular complexity index is 1330. The van der Waals surface area contributed by atoms with Crippen molar-refractivity contribution in [1.82, 2.24) is 9.55 Å². The summed E-state index contributed by atoms with van der Waals surface area (Å²) in [5.74, 6) is -1.15. The lowest BCUT2D eigenvalue weighted by molar-refractivity contribution is -0.841. The molecule has 4 rings (SSSR count). The van der Waals surface area contributed by atoms with Gasteiger partial charge in [0.1, 0.15) is 5.69 Å². The van der Waals surface area contributed by atoms with Gasteiger partial charge in [-0.2, -0.15) is 18.4 Å². The quantitative estimate of drug-likeness (QED) is 0.553. The van der Waals surface area contributed by atoms with Gasteiger partial charge in [0, 0.05) is 48.9 Å². The number of hydrogen-bond donors (Lipinski definition) is 1. The average Bonchev–Trinajstić information content (AvgIpc) is 3.14. The zero-order valence-corrected chi connectivity index (χ0v) is 19.4. The number of likely N-dealkylation sites (tertiary alicyclic amines) is 1. The van der Waals surface area contributed by atoms with Gasteiger partial charge in [-0.25, -0.2) is 4.79 Å². The van der Waals surface area contributed by atoms with Crippen LogP contribution in [0.4, 0.5) is 18.9 Å². The molecule has 1 aromatic carbocycles. The average molecular weight is 485 g/mol. The minimum Gasteiger partial charge on any atom is -0.350 e. The van der Waals surface area contributed by atoms with Crippen molar-refractivity contribution in [3.63, 3.8) is 0 Å². The van der Waals surface area contributed by atoms with Crippen molar-refractivity contribution in [1.29, 1.82) is 5.26 Å². The van der Waals surface area contributed by atoms with E-state index in [2.05, 4.69) is 10.3 Å². The summed E-state index contributed by atoms with van der Waals surface area (Å²) >= 11 is 0. The third-order valence-electron chi connectivity index (χ3n) is 6.74. The highest BCUT2D eigenvalue weighted by Crippen LogP contribution is 2.37. The van der Waals surface area contributed by atoms with E-state index in [0.29, 0.717) is 37.2 Å². The Balaban J connectivity index is 1.54. The number of amides is 2. The van der Waals surface area contributed by atoms with E-state index in [9.17, 15) is 22.8 Å². The number of rotatable bonds is 4. The van der Waals surface area contributed by atoms with Crippen molar-refractivity contribution in [2.24, 2.45) is 7.05 Å². The molecule has 1 N–H and O–H groups in total. The van der Waals surface area contributed by atoms with Gasteiger partial charge in [-0.3, -0.25) is 14.3 Å². The van der Waals surface area contributed by atoms with E-state index in [1.54, 1.807) is 13.1 Å². The molecule has 1 aliphatic rings. The lowest BCUT2D eigenvalue weighted by Gasteiger charge is -2.38. The van der Waals surface area contributed by atoms with Crippen LogP contribution >= 0.6 is 0 Å². The predicted octanol–water partition coefficient (Wildman–Crippen LogP) is 4.50. The number of carbonyl (C=O) groups excluding carboxylic acids is 2. The number of nitriles is 1. The molecule has 1 saturated heterocycles. The molecule has 35 heavy (non-hydrogen) atoms. The van der Waals surface area contributed by atoms with Crippen LogP contribution in [0.1, 0.15) is 46.8 Å². The zero-order valence-electron chi connectivity index (χ0n) is 19.4. The smallest absolute Gasteiger partial charge is 0.350 e. The zero-order chi connectivity index (χ0) is 25.4. The second-order valence-corrected chi connectivity index (χ2v) is 9.23. The highest BCUT2D eigenvalue weighted by atomic mass is 19.4. The maximum absolute atomic E-state index is 12.7. The van der Waals surface area contributed by atoms with Crippen molar-refractivity contribution >= 4 is 28.4 Å². The number of nitrogens with zero attached hydrogens (tertiary/aromatic N) is 4. The van der Waals surface area contributed by atoms with Gasteiger partial charge >= 0.3 is 12.1 Å². The number of hydrogen-bond acceptors (Lipinski definition) is 4.